The van der Waals surface area contributed by atoms with Crippen molar-refractivity contribution in [1.82, 2.24) is 10.2 Å². The molecular formula is C17H26N4O2. The van der Waals surface area contributed by atoms with Gasteiger partial charge in [-0.2, -0.15) is 0 Å². The van der Waals surface area contributed by atoms with Crippen molar-refractivity contribution in [3.05, 3.63) is 35.9 Å². The Kier molecular flexibility index (Phi) is 7.12. The van der Waals surface area contributed by atoms with Crippen molar-refractivity contribution in [2.75, 3.05) is 30.3 Å². The van der Waals surface area contributed by atoms with Gasteiger partial charge in [0, 0.05) is 31.0 Å². The number of nitrogens with zero attached hydrogens (tertiary/aromatic N) is 1. The van der Waals surface area contributed by atoms with Crippen LogP contribution in [-0.2, 0) is 0 Å². The molecule has 0 atom stereocenters. The van der Waals surface area contributed by atoms with Crippen LogP contribution in [0.1, 0.15) is 26.3 Å². The molecule has 3 N–H and O–H groups in total. The van der Waals surface area contributed by atoms with Gasteiger partial charge in [0.05, 0.1) is 0 Å². The van der Waals surface area contributed by atoms with E-state index in [1.165, 1.54) is 0 Å². The van der Waals surface area contributed by atoms with Gasteiger partial charge in [0.15, 0.2) is 0 Å². The van der Waals surface area contributed by atoms with Crippen molar-refractivity contribution >= 4 is 23.4 Å². The highest BCUT2D eigenvalue weighted by atomic mass is 16.2. The summed E-state index contributed by atoms with van der Waals surface area (Å²) in [6.07, 6.45) is 0. The van der Waals surface area contributed by atoms with Crippen LogP contribution < -0.4 is 16.0 Å². The maximum Gasteiger partial charge on any atom is 0.322 e. The minimum absolute atomic E-state index is 0.186. The van der Waals surface area contributed by atoms with E-state index in [1.54, 1.807) is 17.0 Å². The third kappa shape index (κ3) is 6.02. The zero-order valence-electron chi connectivity index (χ0n) is 14.3. The minimum Gasteiger partial charge on any atom is -0.338 e. The highest BCUT2D eigenvalue weighted by Gasteiger charge is 2.13. The lowest BCUT2D eigenvalue weighted by Gasteiger charge is -2.22. The van der Waals surface area contributed by atoms with Gasteiger partial charge in [-0.25, -0.2) is 9.59 Å². The lowest BCUT2D eigenvalue weighted by atomic mass is 10.2. The summed E-state index contributed by atoms with van der Waals surface area (Å²) in [7, 11) is 0. The molecule has 0 fully saturated rings. The van der Waals surface area contributed by atoms with E-state index in [0.717, 1.165) is 11.1 Å². The highest BCUT2D eigenvalue weighted by Crippen LogP contribution is 2.21. The zero-order chi connectivity index (χ0) is 17.4. The molecule has 1 rings (SSSR count). The Morgan fingerprint density at radius 3 is 2.48 bits per heavy atom. The van der Waals surface area contributed by atoms with Gasteiger partial charge in [-0.1, -0.05) is 18.2 Å². The molecule has 23 heavy (non-hydrogen) atoms. The van der Waals surface area contributed by atoms with Gasteiger partial charge in [0.2, 0.25) is 0 Å². The molecule has 1 aromatic carbocycles. The first kappa shape index (κ1) is 18.5. The maximum atomic E-state index is 12.3. The van der Waals surface area contributed by atoms with Crippen LogP contribution in [-0.4, -0.2) is 36.6 Å². The van der Waals surface area contributed by atoms with Crippen LogP contribution in [0.4, 0.5) is 21.0 Å². The van der Waals surface area contributed by atoms with E-state index in [1.807, 2.05) is 33.8 Å². The number of nitrogens with one attached hydrogen (secondary N) is 3. The predicted molar refractivity (Wildman–Crippen MR) is 95.0 cm³/mol. The molecule has 6 nitrogen and oxygen atoms in total. The number of anilines is 2. The first-order chi connectivity index (χ1) is 10.9. The molecule has 0 saturated carbocycles. The monoisotopic (exact) mass is 318 g/mol. The fourth-order valence-corrected chi connectivity index (χ4v) is 2.02. The van der Waals surface area contributed by atoms with Crippen molar-refractivity contribution in [3.63, 3.8) is 0 Å². The molecule has 6 heteroatoms. The minimum atomic E-state index is -0.272. The second-order valence-electron chi connectivity index (χ2n) is 5.42. The molecule has 126 valence electrons. The number of amides is 4. The van der Waals surface area contributed by atoms with E-state index in [-0.39, 0.29) is 12.1 Å². The summed E-state index contributed by atoms with van der Waals surface area (Å²) in [6, 6.07) is 4.94. The molecule has 0 spiro atoms. The van der Waals surface area contributed by atoms with Crippen molar-refractivity contribution in [2.24, 2.45) is 0 Å². The van der Waals surface area contributed by atoms with Gasteiger partial charge < -0.3 is 20.9 Å². The first-order valence-corrected chi connectivity index (χ1v) is 7.73. The fourth-order valence-electron chi connectivity index (χ4n) is 2.02. The zero-order valence-corrected chi connectivity index (χ0v) is 14.3. The van der Waals surface area contributed by atoms with Crippen molar-refractivity contribution in [3.8, 4) is 0 Å². The fraction of sp³-hybridized carbons (Fsp3) is 0.412. The Morgan fingerprint density at radius 1 is 1.22 bits per heavy atom. The Morgan fingerprint density at radius 2 is 1.91 bits per heavy atom. The van der Waals surface area contributed by atoms with Crippen LogP contribution in [0.5, 0.6) is 0 Å². The molecule has 0 aromatic heterocycles. The Hall–Kier alpha value is -2.50. The Balaban J connectivity index is 2.84. The van der Waals surface area contributed by atoms with Gasteiger partial charge in [-0.15, -0.1) is 0 Å². The highest BCUT2D eigenvalue weighted by molar-refractivity contribution is 5.93. The molecule has 0 aliphatic rings. The second kappa shape index (κ2) is 8.82. The quantitative estimate of drug-likeness (QED) is 0.702. The van der Waals surface area contributed by atoms with Crippen molar-refractivity contribution in [1.29, 1.82) is 0 Å². The number of likely N-dealkylation sites (N-methyl/N-ethyl adjacent to an activating group) is 1. The van der Waals surface area contributed by atoms with E-state index >= 15 is 0 Å². The second-order valence-corrected chi connectivity index (χ2v) is 5.42. The van der Waals surface area contributed by atoms with Crippen LogP contribution in [0.2, 0.25) is 0 Å². The van der Waals surface area contributed by atoms with Crippen molar-refractivity contribution < 1.29 is 9.59 Å². The number of aryl methyl sites for hydroxylation is 1. The molecular weight excluding hydrogens is 292 g/mol. The SMILES string of the molecule is C=C(C)CN(CC)C(=O)Nc1cc(NC(=O)NCC)ccc1C. The molecule has 0 bridgehead atoms. The van der Waals surface area contributed by atoms with Crippen LogP contribution in [0.15, 0.2) is 30.4 Å². The topological polar surface area (TPSA) is 73.5 Å². The molecule has 4 amide bonds. The number of rotatable bonds is 6. The lowest BCUT2D eigenvalue weighted by Crippen LogP contribution is -2.36. The van der Waals surface area contributed by atoms with Gasteiger partial charge >= 0.3 is 12.1 Å². The summed E-state index contributed by atoms with van der Waals surface area (Å²) in [5.41, 5.74) is 3.14. The van der Waals surface area contributed by atoms with Crippen molar-refractivity contribution in [2.45, 2.75) is 27.7 Å². The lowest BCUT2D eigenvalue weighted by molar-refractivity contribution is 0.218. The van der Waals surface area contributed by atoms with E-state index in [2.05, 4.69) is 22.5 Å². The average molecular weight is 318 g/mol. The smallest absolute Gasteiger partial charge is 0.322 e. The first-order valence-electron chi connectivity index (χ1n) is 7.73. The third-order valence-electron chi connectivity index (χ3n) is 3.20. The van der Waals surface area contributed by atoms with E-state index in [9.17, 15) is 9.59 Å². The molecule has 0 saturated heterocycles. The molecule has 0 aliphatic heterocycles. The van der Waals surface area contributed by atoms with E-state index < -0.39 is 0 Å². The summed E-state index contributed by atoms with van der Waals surface area (Å²) in [5.74, 6) is 0. The number of hydrogen-bond donors (Lipinski definition) is 3. The number of carbonyl (C=O) groups is 2. The molecule has 0 radical (unpaired) electrons. The van der Waals surface area contributed by atoms with E-state index in [0.29, 0.717) is 31.0 Å². The Bertz CT molecular complexity index is 584. The van der Waals surface area contributed by atoms with Gasteiger partial charge in [0.25, 0.3) is 0 Å². The largest absolute Gasteiger partial charge is 0.338 e. The standard InChI is InChI=1S/C17H26N4O2/c1-6-18-16(22)19-14-9-8-13(5)15(10-14)20-17(23)21(7-2)11-12(3)4/h8-10H,3,6-7,11H2,1-2,4-5H3,(H,20,23)(H2,18,19,22). The van der Waals surface area contributed by atoms with Gasteiger partial charge in [-0.3, -0.25) is 0 Å². The van der Waals surface area contributed by atoms with Crippen LogP contribution >= 0.6 is 0 Å². The summed E-state index contributed by atoms with van der Waals surface area (Å²) >= 11 is 0. The number of benzene rings is 1. The predicted octanol–water partition coefficient (Wildman–Crippen LogP) is 3.57. The molecule has 0 aliphatic carbocycles. The summed E-state index contributed by atoms with van der Waals surface area (Å²) in [5, 5.41) is 8.28. The average Bonchev–Trinajstić information content (AvgIpc) is 2.48. The summed E-state index contributed by atoms with van der Waals surface area (Å²) in [4.78, 5) is 25.6. The number of urea groups is 2. The van der Waals surface area contributed by atoms with E-state index in [4.69, 9.17) is 0 Å². The number of carbonyl (C=O) groups excluding carboxylic acids is 2. The van der Waals surface area contributed by atoms with Crippen LogP contribution in [0.3, 0.4) is 0 Å². The molecule has 1 aromatic rings. The molecule has 0 unspecified atom stereocenters. The Labute approximate surface area is 137 Å². The summed E-state index contributed by atoms with van der Waals surface area (Å²) < 4.78 is 0. The normalized spacial score (nSPS) is 9.91. The van der Waals surface area contributed by atoms with Crippen LogP contribution in [0, 0.1) is 6.92 Å². The number of hydrogen-bond acceptors (Lipinski definition) is 2. The third-order valence-corrected chi connectivity index (χ3v) is 3.20. The van der Waals surface area contributed by atoms with Crippen LogP contribution in [0.25, 0.3) is 0 Å². The maximum absolute atomic E-state index is 12.3. The van der Waals surface area contributed by atoms with Gasteiger partial charge in [0.1, 0.15) is 0 Å². The molecule has 0 heterocycles. The van der Waals surface area contributed by atoms with Gasteiger partial charge in [-0.05, 0) is 45.4 Å². The summed E-state index contributed by atoms with van der Waals surface area (Å²) in [6.45, 7) is 13.0.